The van der Waals surface area contributed by atoms with Crippen LogP contribution < -0.4 is 5.11 Å². The zero-order chi connectivity index (χ0) is 20.0. The Morgan fingerprint density at radius 1 is 1.41 bits per heavy atom. The SMILES string of the molecule is CCC(O)(c1cn(Cc2ccc3c(Cl)c(C(=O)[O-])sc3c2)nn1)C(F)(F)F. The number of halogens is 4. The van der Waals surface area contributed by atoms with Crippen LogP contribution >= 0.6 is 22.9 Å². The molecule has 0 radical (unpaired) electrons. The van der Waals surface area contributed by atoms with Crippen LogP contribution in [0.2, 0.25) is 5.02 Å². The Morgan fingerprint density at radius 3 is 2.70 bits per heavy atom. The molecule has 0 aliphatic rings. The maximum absolute atomic E-state index is 13.1. The normalized spacial score (nSPS) is 14.4. The van der Waals surface area contributed by atoms with Gasteiger partial charge < -0.3 is 15.0 Å². The maximum Gasteiger partial charge on any atom is 0.423 e. The standard InChI is InChI=1S/C16H13ClF3N3O3S/c1-2-15(26,16(18,19)20)11-7-23(22-21-11)6-8-3-4-9-10(5-8)27-13(12(9)17)14(24)25/h3-5,7,26H,2,6H2,1H3,(H,24,25)/p-1. The zero-order valence-electron chi connectivity index (χ0n) is 13.7. The molecule has 2 heterocycles. The maximum atomic E-state index is 13.1. The van der Waals surface area contributed by atoms with Gasteiger partial charge in [-0.2, -0.15) is 13.2 Å². The average Bonchev–Trinajstić information content (AvgIpc) is 3.18. The quantitative estimate of drug-likeness (QED) is 0.688. The molecule has 27 heavy (non-hydrogen) atoms. The van der Waals surface area contributed by atoms with Crippen LogP contribution in [-0.4, -0.2) is 32.2 Å². The molecule has 3 rings (SSSR count). The third-order valence-corrected chi connectivity index (χ3v) is 5.80. The number of thiophene rings is 1. The number of hydrogen-bond acceptors (Lipinski definition) is 6. The van der Waals surface area contributed by atoms with E-state index in [1.807, 2.05) is 0 Å². The van der Waals surface area contributed by atoms with Gasteiger partial charge in [0.2, 0.25) is 5.60 Å². The lowest BCUT2D eigenvalue weighted by atomic mass is 9.96. The second kappa shape index (κ2) is 6.77. The van der Waals surface area contributed by atoms with Crippen LogP contribution in [0.3, 0.4) is 0 Å². The number of rotatable bonds is 5. The molecule has 0 fully saturated rings. The molecule has 1 unspecified atom stereocenters. The number of aromatic carboxylic acids is 1. The van der Waals surface area contributed by atoms with Crippen molar-refractivity contribution >= 4 is 39.0 Å². The third-order valence-electron chi connectivity index (χ3n) is 4.17. The van der Waals surface area contributed by atoms with Crippen LogP contribution in [0.4, 0.5) is 13.2 Å². The average molecular weight is 419 g/mol. The second-order valence-electron chi connectivity index (χ2n) is 5.88. The minimum absolute atomic E-state index is 0.0801. The van der Waals surface area contributed by atoms with Crippen LogP contribution in [0.25, 0.3) is 10.1 Å². The number of benzene rings is 1. The number of alkyl halides is 3. The molecule has 2 aromatic heterocycles. The summed E-state index contributed by atoms with van der Waals surface area (Å²) in [5.74, 6) is -1.38. The van der Waals surface area contributed by atoms with Crippen LogP contribution in [-0.2, 0) is 12.1 Å². The first-order valence-corrected chi connectivity index (χ1v) is 8.88. The van der Waals surface area contributed by atoms with E-state index < -0.39 is 29.9 Å². The monoisotopic (exact) mass is 418 g/mol. The van der Waals surface area contributed by atoms with E-state index in [0.717, 1.165) is 22.2 Å². The Bertz CT molecular complexity index is 1020. The Kier molecular flexibility index (Phi) is 4.91. The molecule has 144 valence electrons. The van der Waals surface area contributed by atoms with E-state index in [4.69, 9.17) is 11.6 Å². The number of carboxylic acid groups (broad SMARTS) is 1. The van der Waals surface area contributed by atoms with Crippen molar-refractivity contribution < 1.29 is 28.2 Å². The van der Waals surface area contributed by atoms with Crippen LogP contribution in [0.15, 0.2) is 24.4 Å². The summed E-state index contributed by atoms with van der Waals surface area (Å²) >= 11 is 6.95. The Balaban J connectivity index is 1.90. The lowest BCUT2D eigenvalue weighted by molar-refractivity contribution is -0.269. The summed E-state index contributed by atoms with van der Waals surface area (Å²) in [6, 6.07) is 4.93. The summed E-state index contributed by atoms with van der Waals surface area (Å²) in [7, 11) is 0. The highest BCUT2D eigenvalue weighted by molar-refractivity contribution is 7.21. The number of fused-ring (bicyclic) bond motifs is 1. The number of aromatic nitrogens is 3. The number of aliphatic hydroxyl groups is 1. The van der Waals surface area contributed by atoms with E-state index in [0.29, 0.717) is 15.6 Å². The van der Waals surface area contributed by atoms with Crippen LogP contribution in [0, 0.1) is 0 Å². The first kappa shape index (κ1) is 19.6. The first-order chi connectivity index (χ1) is 12.6. The molecule has 1 N–H and O–H groups in total. The molecule has 0 amide bonds. The highest BCUT2D eigenvalue weighted by Crippen LogP contribution is 2.40. The number of hydrogen-bond donors (Lipinski definition) is 1. The summed E-state index contributed by atoms with van der Waals surface area (Å²) in [5, 5.41) is 28.7. The van der Waals surface area contributed by atoms with E-state index in [1.54, 1.807) is 18.2 Å². The Labute approximate surface area is 159 Å². The molecule has 3 aromatic rings. The van der Waals surface area contributed by atoms with E-state index in [1.165, 1.54) is 6.92 Å². The number of nitrogens with zero attached hydrogens (tertiary/aromatic N) is 3. The Morgan fingerprint density at radius 2 is 2.11 bits per heavy atom. The van der Waals surface area contributed by atoms with Gasteiger partial charge in [-0.25, -0.2) is 4.68 Å². The summed E-state index contributed by atoms with van der Waals surface area (Å²) in [6.07, 6.45) is -4.44. The molecule has 0 aliphatic heterocycles. The number of carbonyl (C=O) groups is 1. The van der Waals surface area contributed by atoms with Crippen molar-refractivity contribution in [1.82, 2.24) is 15.0 Å². The largest absolute Gasteiger partial charge is 0.544 e. The fourth-order valence-corrected chi connectivity index (χ4v) is 4.03. The van der Waals surface area contributed by atoms with Crippen LogP contribution in [0.5, 0.6) is 0 Å². The summed E-state index contributed by atoms with van der Waals surface area (Å²) in [4.78, 5) is 11.0. The predicted molar refractivity (Wildman–Crippen MR) is 90.5 cm³/mol. The lowest BCUT2D eigenvalue weighted by Gasteiger charge is -2.26. The van der Waals surface area contributed by atoms with Crippen molar-refractivity contribution in [3.63, 3.8) is 0 Å². The van der Waals surface area contributed by atoms with Crippen molar-refractivity contribution in [2.75, 3.05) is 0 Å². The van der Waals surface area contributed by atoms with Crippen molar-refractivity contribution in [2.24, 2.45) is 0 Å². The molecular formula is C16H12ClF3N3O3S-. The molecule has 1 aromatic carbocycles. The van der Waals surface area contributed by atoms with Crippen molar-refractivity contribution in [3.8, 4) is 0 Å². The predicted octanol–water partition coefficient (Wildman–Crippen LogP) is 2.72. The smallest absolute Gasteiger partial charge is 0.423 e. The zero-order valence-corrected chi connectivity index (χ0v) is 15.3. The van der Waals surface area contributed by atoms with E-state index in [-0.39, 0.29) is 16.4 Å². The van der Waals surface area contributed by atoms with Gasteiger partial charge in [0.1, 0.15) is 5.69 Å². The van der Waals surface area contributed by atoms with Crippen molar-refractivity contribution in [2.45, 2.75) is 31.7 Å². The second-order valence-corrected chi connectivity index (χ2v) is 7.31. The van der Waals surface area contributed by atoms with Gasteiger partial charge in [0.05, 0.1) is 28.6 Å². The molecule has 11 heteroatoms. The van der Waals surface area contributed by atoms with E-state index in [9.17, 15) is 28.2 Å². The van der Waals surface area contributed by atoms with Gasteiger partial charge in [0, 0.05) is 10.1 Å². The molecule has 6 nitrogen and oxygen atoms in total. The van der Waals surface area contributed by atoms with Gasteiger partial charge >= 0.3 is 6.18 Å². The van der Waals surface area contributed by atoms with Crippen molar-refractivity contribution in [1.29, 1.82) is 0 Å². The number of carbonyl (C=O) groups excluding carboxylic acids is 1. The first-order valence-electron chi connectivity index (χ1n) is 7.68. The van der Waals surface area contributed by atoms with E-state index in [2.05, 4.69) is 10.3 Å². The third kappa shape index (κ3) is 3.40. The fourth-order valence-electron chi connectivity index (χ4n) is 2.62. The van der Waals surface area contributed by atoms with Gasteiger partial charge in [-0.15, -0.1) is 16.4 Å². The molecule has 0 saturated heterocycles. The van der Waals surface area contributed by atoms with Gasteiger partial charge in [0.15, 0.2) is 0 Å². The van der Waals surface area contributed by atoms with Crippen molar-refractivity contribution in [3.05, 3.63) is 45.6 Å². The molecule has 0 aliphatic carbocycles. The highest BCUT2D eigenvalue weighted by atomic mass is 35.5. The van der Waals surface area contributed by atoms with Gasteiger partial charge in [0.25, 0.3) is 0 Å². The van der Waals surface area contributed by atoms with Gasteiger partial charge in [-0.05, 0) is 18.1 Å². The number of carboxylic acids is 1. The van der Waals surface area contributed by atoms with Crippen LogP contribution in [0.1, 0.15) is 34.3 Å². The summed E-state index contributed by atoms with van der Waals surface area (Å²) in [5.41, 5.74) is -3.01. The molecule has 1 atom stereocenters. The summed E-state index contributed by atoms with van der Waals surface area (Å²) < 4.78 is 41.1. The minimum atomic E-state index is -4.88. The Hall–Kier alpha value is -2.17. The summed E-state index contributed by atoms with van der Waals surface area (Å²) in [6.45, 7) is 1.28. The molecule has 0 spiro atoms. The molecule has 0 bridgehead atoms. The highest BCUT2D eigenvalue weighted by Gasteiger charge is 2.55. The van der Waals surface area contributed by atoms with Gasteiger partial charge in [-0.1, -0.05) is 35.9 Å². The molecular weight excluding hydrogens is 407 g/mol. The minimum Gasteiger partial charge on any atom is -0.544 e. The van der Waals surface area contributed by atoms with Gasteiger partial charge in [-0.3, -0.25) is 0 Å². The fraction of sp³-hybridized carbons (Fsp3) is 0.312. The van der Waals surface area contributed by atoms with E-state index >= 15 is 0 Å². The molecule has 0 saturated carbocycles. The topological polar surface area (TPSA) is 91.1 Å². The lowest BCUT2D eigenvalue weighted by Crippen LogP contribution is -2.42.